The molecule has 2 atom stereocenters. The molecule has 0 bridgehead atoms. The summed E-state index contributed by atoms with van der Waals surface area (Å²) in [6.45, 7) is 3.44. The molecule has 1 aliphatic heterocycles. The Morgan fingerprint density at radius 1 is 1.24 bits per heavy atom. The summed E-state index contributed by atoms with van der Waals surface area (Å²) >= 11 is 0. The number of Topliss-reactive ketones (excluding diaryl/α,β-unsaturated/α-hetero) is 1. The number of hydrogen-bond donors (Lipinski definition) is 1. The van der Waals surface area contributed by atoms with E-state index in [4.69, 9.17) is 9.15 Å². The van der Waals surface area contributed by atoms with Gasteiger partial charge in [0, 0.05) is 24.2 Å². The summed E-state index contributed by atoms with van der Waals surface area (Å²) in [5.74, 6) is -1.30. The van der Waals surface area contributed by atoms with Crippen molar-refractivity contribution in [1.82, 2.24) is 4.90 Å². The van der Waals surface area contributed by atoms with Crippen molar-refractivity contribution in [2.75, 3.05) is 11.9 Å². The van der Waals surface area contributed by atoms with Crippen LogP contribution in [0.15, 0.2) is 47.1 Å². The van der Waals surface area contributed by atoms with Crippen LogP contribution in [0.5, 0.6) is 0 Å². The van der Waals surface area contributed by atoms with Gasteiger partial charge >= 0.3 is 5.97 Å². The molecule has 0 unspecified atom stereocenters. The summed E-state index contributed by atoms with van der Waals surface area (Å²) in [4.78, 5) is 49.6. The first-order valence-electron chi connectivity index (χ1n) is 9.26. The number of anilines is 1. The Bertz CT molecular complexity index is 904. The Hall–Kier alpha value is -3.42. The van der Waals surface area contributed by atoms with Gasteiger partial charge in [-0.15, -0.1) is 0 Å². The van der Waals surface area contributed by atoms with Crippen molar-refractivity contribution in [3.63, 3.8) is 0 Å². The summed E-state index contributed by atoms with van der Waals surface area (Å²) in [5, 5.41) is 2.63. The Balaban J connectivity index is 1.51. The molecule has 1 aromatic carbocycles. The SMILES string of the molecule is CC(=O)c1ccc(NC(=O)[C@H](C)OC(=O)[C@H]2CC(=O)N(Cc3ccco3)C2)cc1. The van der Waals surface area contributed by atoms with Gasteiger partial charge in [0.2, 0.25) is 5.91 Å². The molecule has 1 fully saturated rings. The van der Waals surface area contributed by atoms with Crippen LogP contribution in [0.1, 0.15) is 36.4 Å². The molecule has 3 rings (SSSR count). The average Bonchev–Trinajstić information content (AvgIpc) is 3.32. The van der Waals surface area contributed by atoms with Crippen molar-refractivity contribution in [1.29, 1.82) is 0 Å². The highest BCUT2D eigenvalue weighted by atomic mass is 16.5. The van der Waals surface area contributed by atoms with Crippen LogP contribution in [0, 0.1) is 5.92 Å². The number of amides is 2. The quantitative estimate of drug-likeness (QED) is 0.567. The molecule has 1 N–H and O–H groups in total. The van der Waals surface area contributed by atoms with E-state index in [0.717, 1.165) is 0 Å². The van der Waals surface area contributed by atoms with E-state index in [0.29, 0.717) is 23.6 Å². The van der Waals surface area contributed by atoms with Gasteiger partial charge in [0.1, 0.15) is 5.76 Å². The number of nitrogens with one attached hydrogen (secondary N) is 1. The molecular formula is C21H22N2O6. The van der Waals surface area contributed by atoms with Crippen molar-refractivity contribution in [3.8, 4) is 0 Å². The van der Waals surface area contributed by atoms with Crippen LogP contribution < -0.4 is 5.32 Å². The topological polar surface area (TPSA) is 106 Å². The molecule has 8 heteroatoms. The third-order valence-corrected chi connectivity index (χ3v) is 4.70. The number of carbonyl (C=O) groups excluding carboxylic acids is 4. The summed E-state index contributed by atoms with van der Waals surface area (Å²) < 4.78 is 10.5. The maximum atomic E-state index is 12.4. The maximum absolute atomic E-state index is 12.4. The summed E-state index contributed by atoms with van der Waals surface area (Å²) in [5.41, 5.74) is 1.02. The number of nitrogens with zero attached hydrogens (tertiary/aromatic N) is 1. The predicted octanol–water partition coefficient (Wildman–Crippen LogP) is 2.40. The summed E-state index contributed by atoms with van der Waals surface area (Å²) in [6, 6.07) is 9.90. The van der Waals surface area contributed by atoms with Crippen LogP contribution in [-0.4, -0.2) is 41.1 Å². The van der Waals surface area contributed by atoms with Gasteiger partial charge in [0.25, 0.3) is 5.91 Å². The molecule has 1 saturated heterocycles. The van der Waals surface area contributed by atoms with Gasteiger partial charge in [0.15, 0.2) is 11.9 Å². The average molecular weight is 398 g/mol. The van der Waals surface area contributed by atoms with Crippen LogP contribution in [0.3, 0.4) is 0 Å². The Kier molecular flexibility index (Phi) is 6.11. The standard InChI is InChI=1S/C21H22N2O6/c1-13(24)15-5-7-17(8-6-15)22-20(26)14(2)29-21(27)16-10-19(25)23(11-16)12-18-4-3-9-28-18/h3-9,14,16H,10-12H2,1-2H3,(H,22,26)/t14-,16-/m0/s1. The fourth-order valence-electron chi connectivity index (χ4n) is 3.03. The lowest BCUT2D eigenvalue weighted by atomic mass is 10.1. The molecule has 2 heterocycles. The third kappa shape index (κ3) is 5.10. The Labute approximate surface area is 167 Å². The number of rotatable bonds is 7. The fourth-order valence-corrected chi connectivity index (χ4v) is 3.03. The molecule has 0 spiro atoms. The number of furan rings is 1. The van der Waals surface area contributed by atoms with Crippen molar-refractivity contribution in [2.45, 2.75) is 32.9 Å². The molecule has 8 nitrogen and oxygen atoms in total. The number of carbonyl (C=O) groups is 4. The van der Waals surface area contributed by atoms with E-state index in [1.165, 1.54) is 25.0 Å². The lowest BCUT2D eigenvalue weighted by molar-refractivity contribution is -0.157. The van der Waals surface area contributed by atoms with Crippen molar-refractivity contribution in [3.05, 3.63) is 54.0 Å². The smallest absolute Gasteiger partial charge is 0.312 e. The minimum atomic E-state index is -1.02. The second-order valence-corrected chi connectivity index (χ2v) is 6.96. The minimum Gasteiger partial charge on any atom is -0.467 e. The van der Waals surface area contributed by atoms with Gasteiger partial charge in [-0.1, -0.05) is 0 Å². The highest BCUT2D eigenvalue weighted by Gasteiger charge is 2.36. The van der Waals surface area contributed by atoms with Crippen LogP contribution >= 0.6 is 0 Å². The van der Waals surface area contributed by atoms with Crippen LogP contribution in [0.4, 0.5) is 5.69 Å². The molecule has 29 heavy (non-hydrogen) atoms. The molecule has 0 aliphatic carbocycles. The first-order valence-corrected chi connectivity index (χ1v) is 9.26. The fraction of sp³-hybridized carbons (Fsp3) is 0.333. The van der Waals surface area contributed by atoms with E-state index in [2.05, 4.69) is 5.32 Å². The molecule has 152 valence electrons. The van der Waals surface area contributed by atoms with Crippen molar-refractivity contribution >= 4 is 29.3 Å². The van der Waals surface area contributed by atoms with Gasteiger partial charge < -0.3 is 19.4 Å². The first kappa shape index (κ1) is 20.3. The first-order chi connectivity index (χ1) is 13.8. The van der Waals surface area contributed by atoms with Crippen LogP contribution in [0.25, 0.3) is 0 Å². The second-order valence-electron chi connectivity index (χ2n) is 6.96. The third-order valence-electron chi connectivity index (χ3n) is 4.70. The minimum absolute atomic E-state index is 0.0421. The van der Waals surface area contributed by atoms with E-state index in [1.54, 1.807) is 36.4 Å². The molecular weight excluding hydrogens is 376 g/mol. The number of ether oxygens (including phenoxy) is 1. The van der Waals surface area contributed by atoms with Gasteiger partial charge in [-0.05, 0) is 50.2 Å². The molecule has 1 aliphatic rings. The van der Waals surface area contributed by atoms with Crippen LogP contribution in [0.2, 0.25) is 0 Å². The zero-order chi connectivity index (χ0) is 21.0. The number of esters is 1. The van der Waals surface area contributed by atoms with Gasteiger partial charge in [-0.3, -0.25) is 19.2 Å². The molecule has 1 aromatic heterocycles. The zero-order valence-electron chi connectivity index (χ0n) is 16.2. The van der Waals surface area contributed by atoms with Crippen molar-refractivity contribution < 1.29 is 28.3 Å². The lowest BCUT2D eigenvalue weighted by Crippen LogP contribution is -2.33. The molecule has 0 radical (unpaired) electrons. The number of benzene rings is 1. The maximum Gasteiger partial charge on any atom is 0.312 e. The van der Waals surface area contributed by atoms with E-state index >= 15 is 0 Å². The van der Waals surface area contributed by atoms with E-state index < -0.39 is 23.9 Å². The lowest BCUT2D eigenvalue weighted by Gasteiger charge is -2.17. The van der Waals surface area contributed by atoms with E-state index in [1.807, 2.05) is 0 Å². The monoisotopic (exact) mass is 398 g/mol. The van der Waals surface area contributed by atoms with Gasteiger partial charge in [0.05, 0.1) is 18.7 Å². The largest absolute Gasteiger partial charge is 0.467 e. The van der Waals surface area contributed by atoms with Gasteiger partial charge in [-0.25, -0.2) is 0 Å². The normalized spacial score (nSPS) is 17.1. The van der Waals surface area contributed by atoms with E-state index in [9.17, 15) is 19.2 Å². The Morgan fingerprint density at radius 3 is 2.59 bits per heavy atom. The Morgan fingerprint density at radius 2 is 1.97 bits per heavy atom. The molecule has 0 saturated carbocycles. The highest BCUT2D eigenvalue weighted by molar-refractivity contribution is 5.97. The number of hydrogen-bond acceptors (Lipinski definition) is 6. The number of ketones is 1. The van der Waals surface area contributed by atoms with Gasteiger partial charge in [-0.2, -0.15) is 0 Å². The predicted molar refractivity (Wildman–Crippen MR) is 103 cm³/mol. The molecule has 2 aromatic rings. The zero-order valence-corrected chi connectivity index (χ0v) is 16.2. The van der Waals surface area contributed by atoms with Crippen LogP contribution in [-0.2, 0) is 25.7 Å². The van der Waals surface area contributed by atoms with E-state index in [-0.39, 0.29) is 24.7 Å². The summed E-state index contributed by atoms with van der Waals surface area (Å²) in [7, 11) is 0. The highest BCUT2D eigenvalue weighted by Crippen LogP contribution is 2.22. The summed E-state index contributed by atoms with van der Waals surface area (Å²) in [6.07, 6.45) is 0.542. The van der Waals surface area contributed by atoms with Crippen molar-refractivity contribution in [2.24, 2.45) is 5.92 Å². The second kappa shape index (κ2) is 8.72. The number of likely N-dealkylation sites (tertiary alicyclic amines) is 1. The molecule has 2 amide bonds.